The first kappa shape index (κ1) is 11.3. The summed E-state index contributed by atoms with van der Waals surface area (Å²) in [6.45, 7) is 0. The fourth-order valence-electron chi connectivity index (χ4n) is 4.53. The molecule has 0 unspecified atom stereocenters. The van der Waals surface area contributed by atoms with Crippen molar-refractivity contribution >= 4 is 5.97 Å². The van der Waals surface area contributed by atoms with Crippen LogP contribution in [0, 0.1) is 23.7 Å². The molecule has 19 heavy (non-hydrogen) atoms. The van der Waals surface area contributed by atoms with Gasteiger partial charge in [-0.3, -0.25) is 0 Å². The highest BCUT2D eigenvalue weighted by Crippen LogP contribution is 2.54. The first-order chi connectivity index (χ1) is 9.19. The van der Waals surface area contributed by atoms with Crippen LogP contribution in [0.15, 0.2) is 4.52 Å². The molecule has 4 aliphatic carbocycles. The van der Waals surface area contributed by atoms with Gasteiger partial charge in [0.15, 0.2) is 0 Å². The van der Waals surface area contributed by atoms with Crippen molar-refractivity contribution in [3.8, 4) is 6.01 Å². The third-order valence-electron chi connectivity index (χ3n) is 4.97. The predicted octanol–water partition coefficient (Wildman–Crippen LogP) is 1.97. The number of ether oxygens (including phenoxy) is 1. The third-order valence-corrected chi connectivity index (χ3v) is 4.97. The molecule has 0 radical (unpaired) electrons. The predicted molar refractivity (Wildman–Crippen MR) is 62.7 cm³/mol. The smallest absolute Gasteiger partial charge is 0.394 e. The van der Waals surface area contributed by atoms with Gasteiger partial charge < -0.3 is 14.4 Å². The summed E-state index contributed by atoms with van der Waals surface area (Å²) in [5.74, 6) is 1.31. The normalized spacial score (nSPS) is 39.5. The maximum atomic E-state index is 10.7. The van der Waals surface area contributed by atoms with Crippen LogP contribution in [-0.4, -0.2) is 27.3 Å². The average Bonchev–Trinajstić information content (AvgIpc) is 2.81. The van der Waals surface area contributed by atoms with E-state index in [1.807, 2.05) is 0 Å². The Morgan fingerprint density at radius 2 is 1.79 bits per heavy atom. The molecule has 4 fully saturated rings. The van der Waals surface area contributed by atoms with Crippen molar-refractivity contribution in [2.45, 2.75) is 38.2 Å². The fourth-order valence-corrected chi connectivity index (χ4v) is 4.53. The Labute approximate surface area is 110 Å². The summed E-state index contributed by atoms with van der Waals surface area (Å²) >= 11 is 0. The van der Waals surface area contributed by atoms with Crippen LogP contribution in [0.1, 0.15) is 42.8 Å². The van der Waals surface area contributed by atoms with Gasteiger partial charge in [0.05, 0.1) is 0 Å². The second-order valence-corrected chi connectivity index (χ2v) is 6.20. The Balaban J connectivity index is 1.51. The Kier molecular flexibility index (Phi) is 2.34. The fraction of sp³-hybridized carbons (Fsp3) is 0.769. The lowest BCUT2D eigenvalue weighted by Gasteiger charge is -2.53. The van der Waals surface area contributed by atoms with Crippen LogP contribution in [0.5, 0.6) is 6.01 Å². The molecule has 0 spiro atoms. The van der Waals surface area contributed by atoms with E-state index in [1.165, 1.54) is 32.1 Å². The number of aromatic carboxylic acids is 1. The quantitative estimate of drug-likeness (QED) is 0.898. The van der Waals surface area contributed by atoms with Crippen molar-refractivity contribution in [1.29, 1.82) is 0 Å². The molecule has 5 rings (SSSR count). The monoisotopic (exact) mass is 264 g/mol. The van der Waals surface area contributed by atoms with E-state index in [2.05, 4.69) is 14.7 Å². The largest absolute Gasteiger partial charge is 0.474 e. The molecule has 6 heteroatoms. The molecule has 0 saturated heterocycles. The summed E-state index contributed by atoms with van der Waals surface area (Å²) in [6, 6.07) is 0.0786. The van der Waals surface area contributed by atoms with E-state index in [9.17, 15) is 4.79 Å². The van der Waals surface area contributed by atoms with Crippen molar-refractivity contribution in [3.63, 3.8) is 0 Å². The molecule has 0 amide bonds. The molecule has 4 aliphatic rings. The Morgan fingerprint density at radius 3 is 2.32 bits per heavy atom. The van der Waals surface area contributed by atoms with E-state index in [0.29, 0.717) is 11.8 Å². The standard InChI is InChI=1S/C13H16N2O4/c16-12(17)11-14-13(15-19-11)18-10-8-2-6-1-7(4-8)5-9(10)3-6/h6-10H,1-5H2,(H,16,17). The van der Waals surface area contributed by atoms with E-state index in [4.69, 9.17) is 9.84 Å². The van der Waals surface area contributed by atoms with Gasteiger partial charge in [0.25, 0.3) is 0 Å². The zero-order valence-corrected chi connectivity index (χ0v) is 10.5. The molecule has 1 aromatic rings. The molecular weight excluding hydrogens is 248 g/mol. The van der Waals surface area contributed by atoms with E-state index in [0.717, 1.165) is 11.8 Å². The lowest BCUT2D eigenvalue weighted by molar-refractivity contribution is -0.0827. The minimum absolute atomic E-state index is 0.0786. The van der Waals surface area contributed by atoms with Crippen molar-refractivity contribution in [3.05, 3.63) is 5.89 Å². The zero-order valence-electron chi connectivity index (χ0n) is 10.5. The Bertz CT molecular complexity index is 484. The molecule has 102 valence electrons. The molecule has 4 bridgehead atoms. The van der Waals surface area contributed by atoms with E-state index in [1.54, 1.807) is 0 Å². The first-order valence-corrected chi connectivity index (χ1v) is 6.92. The van der Waals surface area contributed by atoms with Gasteiger partial charge in [0.1, 0.15) is 6.10 Å². The van der Waals surface area contributed by atoms with Gasteiger partial charge in [-0.05, 0) is 60.9 Å². The number of hydrogen-bond donors (Lipinski definition) is 1. The minimum atomic E-state index is -1.22. The number of hydrogen-bond acceptors (Lipinski definition) is 5. The number of nitrogens with zero attached hydrogens (tertiary/aromatic N) is 2. The van der Waals surface area contributed by atoms with Crippen LogP contribution in [0.4, 0.5) is 0 Å². The Hall–Kier alpha value is -1.59. The number of carboxylic acids is 1. The van der Waals surface area contributed by atoms with Crippen LogP contribution in [0.2, 0.25) is 0 Å². The van der Waals surface area contributed by atoms with Crippen LogP contribution in [0.3, 0.4) is 0 Å². The number of carboxylic acid groups (broad SMARTS) is 1. The van der Waals surface area contributed by atoms with Crippen molar-refractivity contribution in [2.24, 2.45) is 23.7 Å². The van der Waals surface area contributed by atoms with Crippen LogP contribution in [-0.2, 0) is 0 Å². The summed E-state index contributed by atoms with van der Waals surface area (Å²) in [7, 11) is 0. The van der Waals surface area contributed by atoms with Crippen LogP contribution in [0.25, 0.3) is 0 Å². The molecule has 6 nitrogen and oxygen atoms in total. The van der Waals surface area contributed by atoms with Crippen LogP contribution < -0.4 is 4.74 Å². The second kappa shape index (κ2) is 3.95. The van der Waals surface area contributed by atoms with Gasteiger partial charge in [0, 0.05) is 0 Å². The summed E-state index contributed by atoms with van der Waals surface area (Å²) in [4.78, 5) is 14.5. The molecular formula is C13H16N2O4. The second-order valence-electron chi connectivity index (χ2n) is 6.20. The van der Waals surface area contributed by atoms with Crippen LogP contribution >= 0.6 is 0 Å². The van der Waals surface area contributed by atoms with Crippen molar-refractivity contribution in [1.82, 2.24) is 10.1 Å². The number of rotatable bonds is 3. The van der Waals surface area contributed by atoms with Gasteiger partial charge in [-0.15, -0.1) is 4.98 Å². The van der Waals surface area contributed by atoms with Gasteiger partial charge in [-0.25, -0.2) is 4.79 Å². The highest BCUT2D eigenvalue weighted by Gasteiger charge is 2.49. The van der Waals surface area contributed by atoms with E-state index in [-0.39, 0.29) is 12.1 Å². The maximum absolute atomic E-state index is 10.7. The zero-order chi connectivity index (χ0) is 13.0. The molecule has 0 aliphatic heterocycles. The maximum Gasteiger partial charge on any atom is 0.394 e. The van der Waals surface area contributed by atoms with Gasteiger partial charge in [-0.1, -0.05) is 0 Å². The highest BCUT2D eigenvalue weighted by molar-refractivity contribution is 5.81. The third kappa shape index (κ3) is 1.81. The SMILES string of the molecule is O=C(O)c1nc(OC2C3CC4CC(C3)CC2C4)no1. The molecule has 0 atom stereocenters. The summed E-state index contributed by atoms with van der Waals surface area (Å²) in [5, 5.41) is 12.4. The van der Waals surface area contributed by atoms with Gasteiger partial charge >= 0.3 is 17.9 Å². The molecule has 1 aromatic heterocycles. The molecule has 0 aromatic carbocycles. The van der Waals surface area contributed by atoms with Gasteiger partial charge in [0.2, 0.25) is 0 Å². The lowest BCUT2D eigenvalue weighted by Crippen LogP contribution is -2.50. The summed E-state index contributed by atoms with van der Waals surface area (Å²) in [5.41, 5.74) is 0. The van der Waals surface area contributed by atoms with Crippen molar-refractivity contribution in [2.75, 3.05) is 0 Å². The molecule has 1 heterocycles. The minimum Gasteiger partial charge on any atom is -0.474 e. The van der Waals surface area contributed by atoms with E-state index >= 15 is 0 Å². The molecule has 4 saturated carbocycles. The lowest BCUT2D eigenvalue weighted by atomic mass is 9.55. The van der Waals surface area contributed by atoms with E-state index < -0.39 is 11.9 Å². The highest BCUT2D eigenvalue weighted by atomic mass is 16.6. The number of carbonyl (C=O) groups is 1. The average molecular weight is 264 g/mol. The summed E-state index contributed by atoms with van der Waals surface area (Å²) < 4.78 is 10.5. The summed E-state index contributed by atoms with van der Waals surface area (Å²) in [6.07, 6.45) is 6.49. The molecule has 1 N–H and O–H groups in total. The Morgan fingerprint density at radius 1 is 1.16 bits per heavy atom. The topological polar surface area (TPSA) is 85.5 Å². The first-order valence-electron chi connectivity index (χ1n) is 6.92. The van der Waals surface area contributed by atoms with Gasteiger partial charge in [-0.2, -0.15) is 0 Å². The number of aromatic nitrogens is 2. The van der Waals surface area contributed by atoms with Crippen molar-refractivity contribution < 1.29 is 19.2 Å².